The third-order valence-corrected chi connectivity index (χ3v) is 3.15. The van der Waals surface area contributed by atoms with Crippen LogP contribution >= 0.6 is 0 Å². The highest BCUT2D eigenvalue weighted by Crippen LogP contribution is 2.16. The smallest absolute Gasteiger partial charge is 0.178 e. The second kappa shape index (κ2) is 6.67. The first kappa shape index (κ1) is 14.7. The molecule has 5 nitrogen and oxygen atoms in total. The summed E-state index contributed by atoms with van der Waals surface area (Å²) >= 11 is 0. The van der Waals surface area contributed by atoms with Crippen molar-refractivity contribution >= 4 is 0 Å². The van der Waals surface area contributed by atoms with E-state index in [1.54, 1.807) is 24.4 Å². The van der Waals surface area contributed by atoms with E-state index >= 15 is 0 Å². The minimum atomic E-state index is 0.304. The molecule has 0 aliphatic carbocycles. The van der Waals surface area contributed by atoms with Gasteiger partial charge < -0.3 is 4.74 Å². The lowest BCUT2D eigenvalue weighted by atomic mass is 10.2. The summed E-state index contributed by atoms with van der Waals surface area (Å²) in [5.74, 6) is 1.22. The molecule has 3 aromatic rings. The molecule has 0 amide bonds. The largest absolute Gasteiger partial charge is 0.487 e. The number of aromatic nitrogens is 3. The number of nitriles is 1. The van der Waals surface area contributed by atoms with Gasteiger partial charge in [0.25, 0.3) is 0 Å². The van der Waals surface area contributed by atoms with Gasteiger partial charge in [0.1, 0.15) is 18.1 Å². The van der Waals surface area contributed by atoms with Crippen LogP contribution in [0, 0.1) is 18.3 Å². The second-order valence-corrected chi connectivity index (χ2v) is 4.97. The van der Waals surface area contributed by atoms with Crippen LogP contribution in [0.5, 0.6) is 5.75 Å². The van der Waals surface area contributed by atoms with E-state index in [0.717, 1.165) is 17.1 Å². The molecule has 0 saturated carbocycles. The number of rotatable bonds is 4. The molecule has 2 aromatic heterocycles. The van der Waals surface area contributed by atoms with Gasteiger partial charge in [-0.2, -0.15) is 5.26 Å². The molecular weight excluding hydrogens is 288 g/mol. The van der Waals surface area contributed by atoms with Crippen molar-refractivity contribution in [2.45, 2.75) is 13.5 Å². The highest BCUT2D eigenvalue weighted by molar-refractivity contribution is 5.48. The van der Waals surface area contributed by atoms with Crippen molar-refractivity contribution in [1.82, 2.24) is 15.0 Å². The summed E-state index contributed by atoms with van der Waals surface area (Å²) in [7, 11) is 0. The van der Waals surface area contributed by atoms with Crippen LogP contribution in [0.4, 0.5) is 0 Å². The Bertz CT molecular complexity index is 856. The van der Waals surface area contributed by atoms with Gasteiger partial charge in [-0.25, -0.2) is 9.97 Å². The van der Waals surface area contributed by atoms with Crippen LogP contribution < -0.4 is 4.74 Å². The van der Waals surface area contributed by atoms with E-state index in [1.807, 2.05) is 37.3 Å². The first-order chi connectivity index (χ1) is 11.2. The summed E-state index contributed by atoms with van der Waals surface area (Å²) in [6.45, 7) is 2.21. The molecule has 2 heterocycles. The molecule has 0 aliphatic heterocycles. The Morgan fingerprint density at radius 1 is 1.09 bits per heavy atom. The Morgan fingerprint density at radius 3 is 2.78 bits per heavy atom. The topological polar surface area (TPSA) is 71.7 Å². The fraction of sp³-hybridized carbons (Fsp3) is 0.111. The fourth-order valence-corrected chi connectivity index (χ4v) is 2.13. The van der Waals surface area contributed by atoms with E-state index in [2.05, 4.69) is 21.0 Å². The first-order valence-electron chi connectivity index (χ1n) is 7.13. The number of aryl methyl sites for hydroxylation is 1. The van der Waals surface area contributed by atoms with E-state index in [-0.39, 0.29) is 0 Å². The van der Waals surface area contributed by atoms with Crippen molar-refractivity contribution in [3.63, 3.8) is 0 Å². The number of hydrogen-bond donors (Lipinski definition) is 0. The molecule has 0 radical (unpaired) electrons. The predicted molar refractivity (Wildman–Crippen MR) is 85.5 cm³/mol. The van der Waals surface area contributed by atoms with Gasteiger partial charge in [0.05, 0.1) is 17.3 Å². The van der Waals surface area contributed by atoms with Gasteiger partial charge in [0.2, 0.25) is 0 Å². The molecule has 0 atom stereocenters. The molecule has 0 unspecified atom stereocenters. The van der Waals surface area contributed by atoms with Crippen LogP contribution in [0.2, 0.25) is 0 Å². The van der Waals surface area contributed by atoms with E-state index in [9.17, 15) is 0 Å². The molecule has 3 rings (SSSR count). The Morgan fingerprint density at radius 2 is 2.00 bits per heavy atom. The maximum absolute atomic E-state index is 8.91. The van der Waals surface area contributed by atoms with Crippen molar-refractivity contribution in [1.29, 1.82) is 5.26 Å². The first-order valence-corrected chi connectivity index (χ1v) is 7.13. The Kier molecular flexibility index (Phi) is 4.25. The minimum Gasteiger partial charge on any atom is -0.487 e. The van der Waals surface area contributed by atoms with Gasteiger partial charge in [-0.3, -0.25) is 4.98 Å². The summed E-state index contributed by atoms with van der Waals surface area (Å²) in [6, 6.07) is 16.6. The maximum atomic E-state index is 8.91. The highest BCUT2D eigenvalue weighted by Gasteiger charge is 2.07. The standard InChI is InChI=1S/C18H14N4O/c1-13-9-15(12-23-16-6-4-5-14(10-16)11-19)22-18(21-13)17-7-2-3-8-20-17/h2-10H,12H2,1H3. The van der Waals surface area contributed by atoms with E-state index in [1.165, 1.54) is 0 Å². The summed E-state index contributed by atoms with van der Waals surface area (Å²) < 4.78 is 5.72. The zero-order chi connectivity index (χ0) is 16.1. The summed E-state index contributed by atoms with van der Waals surface area (Å²) in [6.07, 6.45) is 1.71. The molecule has 0 aliphatic rings. The maximum Gasteiger partial charge on any atom is 0.178 e. The molecule has 1 aromatic carbocycles. The lowest BCUT2D eigenvalue weighted by Gasteiger charge is -2.08. The van der Waals surface area contributed by atoms with E-state index in [4.69, 9.17) is 10.00 Å². The van der Waals surface area contributed by atoms with Crippen LogP contribution in [0.3, 0.4) is 0 Å². The molecule has 5 heteroatoms. The van der Waals surface area contributed by atoms with Crippen molar-refractivity contribution in [3.8, 4) is 23.3 Å². The zero-order valence-electron chi connectivity index (χ0n) is 12.6. The molecule has 112 valence electrons. The van der Waals surface area contributed by atoms with Crippen molar-refractivity contribution in [2.75, 3.05) is 0 Å². The number of pyridine rings is 1. The number of benzene rings is 1. The van der Waals surface area contributed by atoms with Gasteiger partial charge in [-0.1, -0.05) is 12.1 Å². The second-order valence-electron chi connectivity index (χ2n) is 4.97. The molecule has 0 spiro atoms. The SMILES string of the molecule is Cc1cc(COc2cccc(C#N)c2)nc(-c2ccccn2)n1. The van der Waals surface area contributed by atoms with Crippen molar-refractivity contribution < 1.29 is 4.74 Å². The average molecular weight is 302 g/mol. The number of ether oxygens (including phenoxy) is 1. The van der Waals surface area contributed by atoms with Gasteiger partial charge >= 0.3 is 0 Å². The number of hydrogen-bond acceptors (Lipinski definition) is 5. The van der Waals surface area contributed by atoms with Gasteiger partial charge in [0.15, 0.2) is 5.82 Å². The fourth-order valence-electron chi connectivity index (χ4n) is 2.13. The van der Waals surface area contributed by atoms with E-state index < -0.39 is 0 Å². The molecule has 0 N–H and O–H groups in total. The Hall–Kier alpha value is -3.26. The molecule has 0 bridgehead atoms. The van der Waals surface area contributed by atoms with Gasteiger partial charge in [-0.05, 0) is 43.3 Å². The van der Waals surface area contributed by atoms with Crippen LogP contribution in [0.25, 0.3) is 11.5 Å². The lowest BCUT2D eigenvalue weighted by molar-refractivity contribution is 0.301. The van der Waals surface area contributed by atoms with Gasteiger partial charge in [-0.15, -0.1) is 0 Å². The van der Waals surface area contributed by atoms with Crippen LogP contribution in [-0.4, -0.2) is 15.0 Å². The predicted octanol–water partition coefficient (Wildman–Crippen LogP) is 3.30. The van der Waals surface area contributed by atoms with Crippen LogP contribution in [-0.2, 0) is 6.61 Å². The van der Waals surface area contributed by atoms with Gasteiger partial charge in [0, 0.05) is 11.9 Å². The average Bonchev–Trinajstić information content (AvgIpc) is 2.60. The van der Waals surface area contributed by atoms with Crippen molar-refractivity contribution in [2.24, 2.45) is 0 Å². The monoisotopic (exact) mass is 302 g/mol. The number of nitrogens with zero attached hydrogens (tertiary/aromatic N) is 4. The summed E-state index contributed by atoms with van der Waals surface area (Å²) in [5, 5.41) is 8.91. The normalized spacial score (nSPS) is 10.1. The zero-order valence-corrected chi connectivity index (χ0v) is 12.6. The molecule has 0 fully saturated rings. The van der Waals surface area contributed by atoms with Crippen molar-refractivity contribution in [3.05, 3.63) is 71.7 Å². The third-order valence-electron chi connectivity index (χ3n) is 3.15. The third kappa shape index (κ3) is 3.69. The Balaban J connectivity index is 1.81. The summed E-state index contributed by atoms with van der Waals surface area (Å²) in [5.41, 5.74) is 2.91. The molecular formula is C18H14N4O. The van der Waals surface area contributed by atoms with E-state index in [0.29, 0.717) is 23.7 Å². The minimum absolute atomic E-state index is 0.304. The Labute approximate surface area is 134 Å². The highest BCUT2D eigenvalue weighted by atomic mass is 16.5. The summed E-state index contributed by atoms with van der Waals surface area (Å²) in [4.78, 5) is 13.2. The van der Waals surface area contributed by atoms with Crippen LogP contribution in [0.1, 0.15) is 17.0 Å². The molecule has 0 saturated heterocycles. The molecule has 23 heavy (non-hydrogen) atoms. The quantitative estimate of drug-likeness (QED) is 0.739. The van der Waals surface area contributed by atoms with Crippen LogP contribution in [0.15, 0.2) is 54.7 Å². The lowest BCUT2D eigenvalue weighted by Crippen LogP contribution is -2.03.